The van der Waals surface area contributed by atoms with Crippen LogP contribution in [0.1, 0.15) is 6.92 Å². The molecule has 0 aromatic carbocycles. The standard InChI is InChI=1S/C6H8N.K/c1-2-3-4-5-6-7;/h2-6H,1H3;/q-1;+1/b3-2+,5-4-;. The fourth-order valence-corrected chi connectivity index (χ4v) is 0.225. The number of nitrogens with zero attached hydrogens (tertiary/aromatic N) is 1. The van der Waals surface area contributed by atoms with Crippen LogP contribution in [-0.4, -0.2) is 6.21 Å². The SMILES string of the molecule is C/C=C/C=C\C=[N-].[K+]. The van der Waals surface area contributed by atoms with Crippen molar-refractivity contribution in [2.24, 2.45) is 0 Å². The molecule has 0 N–H and O–H groups in total. The molecular weight excluding hydrogens is 125 g/mol. The number of allylic oxidation sites excluding steroid dienone is 4. The number of rotatable bonds is 2. The molecule has 0 fully saturated rings. The molecule has 0 spiro atoms. The van der Waals surface area contributed by atoms with Gasteiger partial charge in [0.05, 0.1) is 0 Å². The van der Waals surface area contributed by atoms with E-state index in [9.17, 15) is 0 Å². The molecule has 0 aromatic rings. The molecule has 1 nitrogen and oxygen atoms in total. The summed E-state index contributed by atoms with van der Waals surface area (Å²) < 4.78 is 0. The van der Waals surface area contributed by atoms with Crippen molar-refractivity contribution in [3.8, 4) is 0 Å². The Balaban J connectivity index is 0. The predicted molar refractivity (Wildman–Crippen MR) is 33.4 cm³/mol. The van der Waals surface area contributed by atoms with Crippen LogP contribution in [0.2, 0.25) is 0 Å². The normalized spacial score (nSPS) is 9.62. The minimum absolute atomic E-state index is 0. The molecule has 0 aromatic heterocycles. The van der Waals surface area contributed by atoms with Crippen LogP contribution in [0, 0.1) is 0 Å². The third-order valence-corrected chi connectivity index (χ3v) is 0.501. The van der Waals surface area contributed by atoms with Gasteiger partial charge in [-0.2, -0.15) is 6.21 Å². The Kier molecular flexibility index (Phi) is 15.5. The first-order valence-electron chi connectivity index (χ1n) is 2.17. The van der Waals surface area contributed by atoms with Gasteiger partial charge >= 0.3 is 51.4 Å². The number of hydrogen-bond donors (Lipinski definition) is 0. The summed E-state index contributed by atoms with van der Waals surface area (Å²) in [4.78, 5) is 0. The Morgan fingerprint density at radius 1 is 1.12 bits per heavy atom. The van der Waals surface area contributed by atoms with Gasteiger partial charge in [0.2, 0.25) is 0 Å². The van der Waals surface area contributed by atoms with E-state index in [0.717, 1.165) is 6.21 Å². The van der Waals surface area contributed by atoms with E-state index in [2.05, 4.69) is 0 Å². The third kappa shape index (κ3) is 9.92. The molecule has 0 aliphatic rings. The van der Waals surface area contributed by atoms with Crippen LogP contribution in [0.5, 0.6) is 0 Å². The Labute approximate surface area is 92.8 Å². The topological polar surface area (TPSA) is 22.3 Å². The van der Waals surface area contributed by atoms with Crippen LogP contribution in [0.25, 0.3) is 5.41 Å². The number of hydrogen-bond acceptors (Lipinski definition) is 0. The quantitative estimate of drug-likeness (QED) is 0.255. The molecule has 0 rings (SSSR count). The molecule has 2 heteroatoms. The van der Waals surface area contributed by atoms with Crippen molar-refractivity contribution in [2.45, 2.75) is 6.92 Å². The van der Waals surface area contributed by atoms with Crippen molar-refractivity contribution < 1.29 is 51.4 Å². The Morgan fingerprint density at radius 2 is 1.75 bits per heavy atom. The van der Waals surface area contributed by atoms with E-state index >= 15 is 0 Å². The van der Waals surface area contributed by atoms with E-state index in [4.69, 9.17) is 5.41 Å². The largest absolute Gasteiger partial charge is 1.00 e. The monoisotopic (exact) mass is 133 g/mol. The second-order valence-electron chi connectivity index (χ2n) is 1.06. The molecule has 0 amide bonds. The van der Waals surface area contributed by atoms with Gasteiger partial charge in [-0.25, -0.2) is 0 Å². The minimum atomic E-state index is 0. The van der Waals surface area contributed by atoms with Crippen LogP contribution in [0.15, 0.2) is 24.3 Å². The molecule has 8 heavy (non-hydrogen) atoms. The average molecular weight is 133 g/mol. The maximum absolute atomic E-state index is 8.05. The van der Waals surface area contributed by atoms with Crippen molar-refractivity contribution in [3.05, 3.63) is 29.7 Å². The van der Waals surface area contributed by atoms with Crippen LogP contribution in [-0.2, 0) is 0 Å². The summed E-state index contributed by atoms with van der Waals surface area (Å²) >= 11 is 0. The van der Waals surface area contributed by atoms with Gasteiger partial charge in [0.25, 0.3) is 0 Å². The summed E-state index contributed by atoms with van der Waals surface area (Å²) in [6.45, 7) is 1.92. The summed E-state index contributed by atoms with van der Waals surface area (Å²) in [5.41, 5.74) is 0. The molecule has 38 valence electrons. The van der Waals surface area contributed by atoms with E-state index in [1.807, 2.05) is 19.1 Å². The first kappa shape index (κ1) is 11.6. The fourth-order valence-electron chi connectivity index (χ4n) is 0.225. The van der Waals surface area contributed by atoms with Gasteiger partial charge in [-0.15, -0.1) is 0 Å². The zero-order valence-electron chi connectivity index (χ0n) is 5.33. The minimum Gasteiger partial charge on any atom is -0.811 e. The molecule has 0 atom stereocenters. The van der Waals surface area contributed by atoms with E-state index in [1.165, 1.54) is 0 Å². The van der Waals surface area contributed by atoms with E-state index in [0.29, 0.717) is 0 Å². The summed E-state index contributed by atoms with van der Waals surface area (Å²) in [6, 6.07) is 0. The van der Waals surface area contributed by atoms with Gasteiger partial charge in [0, 0.05) is 0 Å². The van der Waals surface area contributed by atoms with Crippen molar-refractivity contribution in [1.29, 1.82) is 0 Å². The van der Waals surface area contributed by atoms with E-state index in [1.54, 1.807) is 12.2 Å². The second kappa shape index (κ2) is 10.7. The fraction of sp³-hybridized carbons (Fsp3) is 0.167. The molecular formula is C6H8KN. The second-order valence-corrected chi connectivity index (χ2v) is 1.06. The molecule has 0 heterocycles. The van der Waals surface area contributed by atoms with Crippen LogP contribution >= 0.6 is 0 Å². The average Bonchev–Trinajstić information content (AvgIpc) is 1.69. The van der Waals surface area contributed by atoms with Crippen molar-refractivity contribution in [3.63, 3.8) is 0 Å². The molecule has 0 unspecified atom stereocenters. The van der Waals surface area contributed by atoms with E-state index in [-0.39, 0.29) is 51.4 Å². The maximum Gasteiger partial charge on any atom is 1.00 e. The van der Waals surface area contributed by atoms with Crippen LogP contribution < -0.4 is 51.4 Å². The summed E-state index contributed by atoms with van der Waals surface area (Å²) in [5, 5.41) is 8.05. The molecule has 0 aliphatic carbocycles. The van der Waals surface area contributed by atoms with E-state index < -0.39 is 0 Å². The molecule has 0 saturated heterocycles. The van der Waals surface area contributed by atoms with Crippen LogP contribution in [0.4, 0.5) is 0 Å². The zero-order chi connectivity index (χ0) is 5.54. The predicted octanol–water partition coefficient (Wildman–Crippen LogP) is -1.24. The molecule has 0 saturated carbocycles. The maximum atomic E-state index is 8.05. The van der Waals surface area contributed by atoms with Gasteiger partial charge in [0.15, 0.2) is 0 Å². The Bertz CT molecular complexity index is 94.7. The summed E-state index contributed by atoms with van der Waals surface area (Å²) in [7, 11) is 0. The molecule has 0 bridgehead atoms. The van der Waals surface area contributed by atoms with Gasteiger partial charge in [-0.05, 0) is 6.92 Å². The molecule has 0 radical (unpaired) electrons. The van der Waals surface area contributed by atoms with Gasteiger partial charge in [-0.1, -0.05) is 24.3 Å². The zero-order valence-corrected chi connectivity index (χ0v) is 8.46. The van der Waals surface area contributed by atoms with Crippen molar-refractivity contribution in [1.82, 2.24) is 0 Å². The van der Waals surface area contributed by atoms with Crippen LogP contribution in [0.3, 0.4) is 0 Å². The smallest absolute Gasteiger partial charge is 0.811 e. The molecule has 0 aliphatic heterocycles. The van der Waals surface area contributed by atoms with Gasteiger partial charge in [0.1, 0.15) is 0 Å². The first-order chi connectivity index (χ1) is 3.41. The van der Waals surface area contributed by atoms with Crippen molar-refractivity contribution in [2.75, 3.05) is 0 Å². The van der Waals surface area contributed by atoms with Crippen molar-refractivity contribution >= 4 is 6.21 Å². The summed E-state index contributed by atoms with van der Waals surface area (Å²) in [5.74, 6) is 0. The summed E-state index contributed by atoms with van der Waals surface area (Å²) in [6.07, 6.45) is 8.03. The van der Waals surface area contributed by atoms with Gasteiger partial charge in [-0.3, -0.25) is 0 Å². The van der Waals surface area contributed by atoms with Gasteiger partial charge < -0.3 is 5.41 Å². The Hall–Kier alpha value is 0.786. The first-order valence-corrected chi connectivity index (χ1v) is 2.17. The third-order valence-electron chi connectivity index (χ3n) is 0.501. The Morgan fingerprint density at radius 3 is 2.12 bits per heavy atom.